The number of aromatic nitrogens is 2. The normalized spacial score (nSPS) is 10.4. The lowest BCUT2D eigenvalue weighted by Gasteiger charge is -2.17. The molecule has 1 heterocycles. The first kappa shape index (κ1) is 15.7. The summed E-state index contributed by atoms with van der Waals surface area (Å²) in [4.78, 5) is 17.3. The Morgan fingerprint density at radius 3 is 2.86 bits per heavy atom. The molecule has 8 heteroatoms. The number of rotatable bonds is 5. The zero-order chi connectivity index (χ0) is 16.1. The Morgan fingerprint density at radius 2 is 2.27 bits per heavy atom. The fraction of sp³-hybridized carbons (Fsp3) is 0.357. The van der Waals surface area contributed by atoms with Gasteiger partial charge in [-0.2, -0.15) is 4.98 Å². The molecule has 0 spiro atoms. The van der Waals surface area contributed by atoms with Crippen molar-refractivity contribution >= 4 is 6.03 Å². The number of aryl methyl sites for hydroxylation is 1. The molecule has 0 fully saturated rings. The number of hydrogen-bond acceptors (Lipinski definition) is 5. The van der Waals surface area contributed by atoms with E-state index in [1.165, 1.54) is 24.1 Å². The number of ether oxygens (including phenoxy) is 1. The zero-order valence-corrected chi connectivity index (χ0v) is 12.6. The number of halogens is 1. The predicted molar refractivity (Wildman–Crippen MR) is 75.7 cm³/mol. The van der Waals surface area contributed by atoms with Crippen LogP contribution in [0.3, 0.4) is 0 Å². The smallest absolute Gasteiger partial charge is 0.317 e. The number of methoxy groups -OCH3 is 1. The summed E-state index contributed by atoms with van der Waals surface area (Å²) >= 11 is 0. The first-order chi connectivity index (χ1) is 10.5. The fourth-order valence-electron chi connectivity index (χ4n) is 1.85. The van der Waals surface area contributed by atoms with Gasteiger partial charge in [-0.3, -0.25) is 0 Å². The average Bonchev–Trinajstić information content (AvgIpc) is 2.90. The van der Waals surface area contributed by atoms with E-state index in [2.05, 4.69) is 15.5 Å². The number of nitrogens with one attached hydrogen (secondary N) is 1. The van der Waals surface area contributed by atoms with Gasteiger partial charge in [0.05, 0.1) is 13.7 Å². The molecule has 0 unspecified atom stereocenters. The topological polar surface area (TPSA) is 80.5 Å². The number of nitrogens with zero attached hydrogens (tertiary/aromatic N) is 3. The van der Waals surface area contributed by atoms with Crippen molar-refractivity contribution in [3.05, 3.63) is 41.3 Å². The number of urea groups is 1. The Labute approximate surface area is 127 Å². The zero-order valence-electron chi connectivity index (χ0n) is 12.6. The van der Waals surface area contributed by atoms with Crippen molar-refractivity contribution in [3.63, 3.8) is 0 Å². The lowest BCUT2D eigenvalue weighted by molar-refractivity contribution is 0.204. The molecule has 0 radical (unpaired) electrons. The number of amides is 2. The first-order valence-corrected chi connectivity index (χ1v) is 6.60. The Kier molecular flexibility index (Phi) is 4.92. The van der Waals surface area contributed by atoms with Gasteiger partial charge in [0.1, 0.15) is 0 Å². The monoisotopic (exact) mass is 308 g/mol. The molecular formula is C14H17FN4O3. The fourth-order valence-corrected chi connectivity index (χ4v) is 1.85. The molecular weight excluding hydrogens is 291 g/mol. The van der Waals surface area contributed by atoms with Gasteiger partial charge in [-0.15, -0.1) is 0 Å². The van der Waals surface area contributed by atoms with E-state index < -0.39 is 5.82 Å². The molecule has 0 aliphatic rings. The summed E-state index contributed by atoms with van der Waals surface area (Å²) in [5.41, 5.74) is 0.657. The molecule has 118 valence electrons. The van der Waals surface area contributed by atoms with E-state index in [0.29, 0.717) is 17.3 Å². The molecule has 2 rings (SSSR count). The molecule has 1 aromatic carbocycles. The molecule has 2 aromatic rings. The van der Waals surface area contributed by atoms with Gasteiger partial charge < -0.3 is 19.5 Å². The summed E-state index contributed by atoms with van der Waals surface area (Å²) in [6.07, 6.45) is 0. The van der Waals surface area contributed by atoms with Crippen LogP contribution in [0.2, 0.25) is 0 Å². The van der Waals surface area contributed by atoms with Gasteiger partial charge in [-0.25, -0.2) is 9.18 Å². The maximum Gasteiger partial charge on any atom is 0.317 e. The van der Waals surface area contributed by atoms with Crippen LogP contribution < -0.4 is 10.1 Å². The number of carbonyl (C=O) groups is 1. The van der Waals surface area contributed by atoms with Crippen molar-refractivity contribution in [2.24, 2.45) is 0 Å². The summed E-state index contributed by atoms with van der Waals surface area (Å²) in [5, 5.41) is 6.27. The minimum absolute atomic E-state index is 0.140. The third-order valence-corrected chi connectivity index (χ3v) is 2.94. The summed E-state index contributed by atoms with van der Waals surface area (Å²) in [5.74, 6) is 0.541. The van der Waals surface area contributed by atoms with Crippen LogP contribution in [0.15, 0.2) is 22.7 Å². The van der Waals surface area contributed by atoms with Gasteiger partial charge in [0.15, 0.2) is 17.4 Å². The van der Waals surface area contributed by atoms with E-state index >= 15 is 0 Å². The predicted octanol–water partition coefficient (Wildman–Crippen LogP) is 1.87. The van der Waals surface area contributed by atoms with Crippen LogP contribution in [0, 0.1) is 12.7 Å². The van der Waals surface area contributed by atoms with Crippen LogP contribution in [-0.4, -0.2) is 35.2 Å². The maximum atomic E-state index is 13.6. The molecule has 7 nitrogen and oxygen atoms in total. The van der Waals surface area contributed by atoms with E-state index in [9.17, 15) is 9.18 Å². The minimum atomic E-state index is -0.463. The highest BCUT2D eigenvalue weighted by molar-refractivity contribution is 5.73. The Morgan fingerprint density at radius 1 is 1.50 bits per heavy atom. The molecule has 0 aliphatic heterocycles. The summed E-state index contributed by atoms with van der Waals surface area (Å²) < 4.78 is 23.3. The highest BCUT2D eigenvalue weighted by Gasteiger charge is 2.12. The maximum absolute atomic E-state index is 13.6. The highest BCUT2D eigenvalue weighted by atomic mass is 19.1. The Hall–Kier alpha value is -2.64. The molecule has 1 aromatic heterocycles. The quantitative estimate of drug-likeness (QED) is 0.912. The Bertz CT molecular complexity index is 659. The van der Waals surface area contributed by atoms with Gasteiger partial charge in [-0.1, -0.05) is 11.2 Å². The van der Waals surface area contributed by atoms with Crippen LogP contribution in [0.5, 0.6) is 5.75 Å². The summed E-state index contributed by atoms with van der Waals surface area (Å²) in [6, 6.07) is 4.24. The van der Waals surface area contributed by atoms with Crippen LogP contribution in [0.25, 0.3) is 0 Å². The van der Waals surface area contributed by atoms with E-state index in [4.69, 9.17) is 9.26 Å². The summed E-state index contributed by atoms with van der Waals surface area (Å²) in [7, 11) is 3.01. The SMILES string of the molecule is COc1ccc(CN(C)C(=O)NCc2nc(C)no2)cc1F. The second-order valence-corrected chi connectivity index (χ2v) is 4.72. The molecule has 2 amide bonds. The lowest BCUT2D eigenvalue weighted by Crippen LogP contribution is -2.36. The van der Waals surface area contributed by atoms with Gasteiger partial charge in [0, 0.05) is 13.6 Å². The van der Waals surface area contributed by atoms with Gasteiger partial charge in [0.2, 0.25) is 5.89 Å². The number of hydrogen-bond donors (Lipinski definition) is 1. The molecule has 0 bridgehead atoms. The second kappa shape index (κ2) is 6.88. The van der Waals surface area contributed by atoms with Crippen LogP contribution in [0.4, 0.5) is 9.18 Å². The largest absolute Gasteiger partial charge is 0.494 e. The molecule has 22 heavy (non-hydrogen) atoms. The standard InChI is InChI=1S/C14H17FN4O3/c1-9-17-13(22-18-9)7-16-14(20)19(2)8-10-4-5-12(21-3)11(15)6-10/h4-6H,7-8H2,1-3H3,(H,16,20). The molecule has 0 atom stereocenters. The van der Waals surface area contributed by atoms with Crippen molar-refractivity contribution in [2.45, 2.75) is 20.0 Å². The molecule has 1 N–H and O–H groups in total. The second-order valence-electron chi connectivity index (χ2n) is 4.72. The van der Waals surface area contributed by atoms with E-state index in [0.717, 1.165) is 0 Å². The van der Waals surface area contributed by atoms with E-state index in [1.807, 2.05) is 0 Å². The molecule has 0 aliphatic carbocycles. The van der Waals surface area contributed by atoms with Crippen molar-refractivity contribution in [3.8, 4) is 5.75 Å². The molecule has 0 saturated heterocycles. The summed E-state index contributed by atoms with van der Waals surface area (Å²) in [6.45, 7) is 2.09. The number of carbonyl (C=O) groups excluding carboxylic acids is 1. The highest BCUT2D eigenvalue weighted by Crippen LogP contribution is 2.18. The molecule has 0 saturated carbocycles. The third-order valence-electron chi connectivity index (χ3n) is 2.94. The van der Waals surface area contributed by atoms with Crippen LogP contribution in [0.1, 0.15) is 17.3 Å². The van der Waals surface area contributed by atoms with Gasteiger partial charge in [-0.05, 0) is 24.6 Å². The van der Waals surface area contributed by atoms with Crippen LogP contribution >= 0.6 is 0 Å². The van der Waals surface area contributed by atoms with Crippen LogP contribution in [-0.2, 0) is 13.1 Å². The van der Waals surface area contributed by atoms with Crippen molar-refractivity contribution in [1.82, 2.24) is 20.4 Å². The van der Waals surface area contributed by atoms with E-state index in [1.54, 1.807) is 20.0 Å². The van der Waals surface area contributed by atoms with Crippen molar-refractivity contribution in [1.29, 1.82) is 0 Å². The Balaban J connectivity index is 1.89. The van der Waals surface area contributed by atoms with Crippen molar-refractivity contribution in [2.75, 3.05) is 14.2 Å². The van der Waals surface area contributed by atoms with Gasteiger partial charge in [0.25, 0.3) is 0 Å². The van der Waals surface area contributed by atoms with E-state index in [-0.39, 0.29) is 24.9 Å². The minimum Gasteiger partial charge on any atom is -0.494 e. The lowest BCUT2D eigenvalue weighted by atomic mass is 10.2. The first-order valence-electron chi connectivity index (χ1n) is 6.60. The van der Waals surface area contributed by atoms with Crippen molar-refractivity contribution < 1.29 is 18.4 Å². The third kappa shape index (κ3) is 3.94. The average molecular weight is 308 g/mol. The van der Waals surface area contributed by atoms with Gasteiger partial charge >= 0.3 is 6.03 Å². The number of benzene rings is 1.